The second kappa shape index (κ2) is 11.0. The van der Waals surface area contributed by atoms with Crippen LogP contribution in [0.15, 0.2) is 52.3 Å². The Morgan fingerprint density at radius 2 is 1.81 bits per heavy atom. The summed E-state index contributed by atoms with van der Waals surface area (Å²) in [5.41, 5.74) is 2.11. The number of anilines is 1. The van der Waals surface area contributed by atoms with E-state index in [1.165, 1.54) is 28.2 Å². The Morgan fingerprint density at radius 1 is 1.09 bits per heavy atom. The molecule has 0 aliphatic carbocycles. The highest BCUT2D eigenvalue weighted by Gasteiger charge is 2.27. The number of sulfonamides is 1. The second-order valence-corrected chi connectivity index (χ2v) is 10.2. The van der Waals surface area contributed by atoms with Gasteiger partial charge in [-0.2, -0.15) is 4.31 Å². The smallest absolute Gasteiger partial charge is 0.316 e. The Kier molecular flexibility index (Phi) is 8.30. The number of carbonyl (C=O) groups is 2. The number of aryl methyl sites for hydroxylation is 2. The van der Waals surface area contributed by atoms with E-state index in [1.807, 2.05) is 31.2 Å². The number of nitrogens with zero attached hydrogens (tertiary/aromatic N) is 1. The zero-order chi connectivity index (χ0) is 23.1. The number of rotatable bonds is 8. The van der Waals surface area contributed by atoms with Gasteiger partial charge in [-0.25, -0.2) is 8.42 Å². The first kappa shape index (κ1) is 24.2. The van der Waals surface area contributed by atoms with Gasteiger partial charge >= 0.3 is 5.97 Å². The third-order valence-corrected chi connectivity index (χ3v) is 7.94. The molecule has 0 bridgehead atoms. The molecule has 1 aliphatic rings. The molecule has 2 aromatic rings. The first-order valence-electron chi connectivity index (χ1n) is 10.1. The Bertz CT molecular complexity index is 1080. The molecule has 1 N–H and O–H groups in total. The summed E-state index contributed by atoms with van der Waals surface area (Å²) in [7, 11) is -3.69. The summed E-state index contributed by atoms with van der Waals surface area (Å²) >= 11 is 1.34. The molecule has 8 nitrogen and oxygen atoms in total. The average Bonchev–Trinajstić information content (AvgIpc) is 2.79. The van der Waals surface area contributed by atoms with Crippen LogP contribution in [-0.2, 0) is 29.1 Å². The lowest BCUT2D eigenvalue weighted by atomic mass is 10.2. The van der Waals surface area contributed by atoms with E-state index in [2.05, 4.69) is 5.32 Å². The van der Waals surface area contributed by atoms with Crippen molar-refractivity contribution in [2.45, 2.75) is 23.6 Å². The Morgan fingerprint density at radius 3 is 2.53 bits per heavy atom. The van der Waals surface area contributed by atoms with E-state index >= 15 is 0 Å². The lowest BCUT2D eigenvalue weighted by Gasteiger charge is -2.26. The molecule has 0 atom stereocenters. The van der Waals surface area contributed by atoms with Crippen LogP contribution < -0.4 is 5.32 Å². The quantitative estimate of drug-likeness (QED) is 0.460. The molecular weight excluding hydrogens is 452 g/mol. The first-order chi connectivity index (χ1) is 15.3. The van der Waals surface area contributed by atoms with Gasteiger partial charge in [0.25, 0.3) is 5.91 Å². The maximum absolute atomic E-state index is 12.9. The molecule has 1 fully saturated rings. The number of benzene rings is 2. The number of amides is 1. The number of carbonyl (C=O) groups excluding carboxylic acids is 2. The van der Waals surface area contributed by atoms with Gasteiger partial charge in [-0.15, -0.1) is 11.8 Å². The van der Waals surface area contributed by atoms with E-state index in [0.717, 1.165) is 10.5 Å². The zero-order valence-corrected chi connectivity index (χ0v) is 19.6. The SMILES string of the molecule is Cc1ccc(S(=O)(=O)N2CCOCC2)cc1NC(=O)COC(=O)CSc1ccccc1C. The minimum atomic E-state index is -3.69. The summed E-state index contributed by atoms with van der Waals surface area (Å²) in [6, 6.07) is 12.3. The predicted molar refractivity (Wildman–Crippen MR) is 122 cm³/mol. The van der Waals surface area contributed by atoms with Crippen LogP contribution in [0, 0.1) is 13.8 Å². The fourth-order valence-electron chi connectivity index (χ4n) is 3.06. The van der Waals surface area contributed by atoms with Gasteiger partial charge in [0, 0.05) is 23.7 Å². The Labute approximate surface area is 192 Å². The molecule has 1 amide bonds. The van der Waals surface area contributed by atoms with Crippen molar-refractivity contribution in [2.24, 2.45) is 0 Å². The van der Waals surface area contributed by atoms with Crippen molar-refractivity contribution in [2.75, 3.05) is 44.0 Å². The van der Waals surface area contributed by atoms with Crippen LogP contribution in [-0.4, -0.2) is 63.3 Å². The molecule has 0 saturated carbocycles. The van der Waals surface area contributed by atoms with E-state index in [0.29, 0.717) is 24.5 Å². The van der Waals surface area contributed by atoms with E-state index in [9.17, 15) is 18.0 Å². The molecular formula is C22H26N2O6S2. The van der Waals surface area contributed by atoms with Crippen LogP contribution in [0.4, 0.5) is 5.69 Å². The van der Waals surface area contributed by atoms with Gasteiger partial charge in [0.15, 0.2) is 6.61 Å². The first-order valence-corrected chi connectivity index (χ1v) is 12.5. The number of ether oxygens (including phenoxy) is 2. The molecule has 10 heteroatoms. The lowest BCUT2D eigenvalue weighted by molar-refractivity contribution is -0.144. The maximum atomic E-state index is 12.9. The lowest BCUT2D eigenvalue weighted by Crippen LogP contribution is -2.40. The Hall–Kier alpha value is -2.40. The minimum absolute atomic E-state index is 0.0877. The van der Waals surface area contributed by atoms with Crippen LogP contribution in [0.1, 0.15) is 11.1 Å². The molecule has 32 heavy (non-hydrogen) atoms. The van der Waals surface area contributed by atoms with Gasteiger partial charge < -0.3 is 14.8 Å². The van der Waals surface area contributed by atoms with Crippen molar-refractivity contribution in [1.82, 2.24) is 4.31 Å². The summed E-state index contributed by atoms with van der Waals surface area (Å²) in [4.78, 5) is 25.3. The highest BCUT2D eigenvalue weighted by Crippen LogP contribution is 2.24. The highest BCUT2D eigenvalue weighted by atomic mass is 32.2. The van der Waals surface area contributed by atoms with Crippen LogP contribution in [0.2, 0.25) is 0 Å². The van der Waals surface area contributed by atoms with Gasteiger partial charge in [-0.05, 0) is 43.2 Å². The van der Waals surface area contributed by atoms with Gasteiger partial charge in [0.05, 0.1) is 23.9 Å². The molecule has 0 unspecified atom stereocenters. The highest BCUT2D eigenvalue weighted by molar-refractivity contribution is 8.00. The van der Waals surface area contributed by atoms with E-state index in [1.54, 1.807) is 13.0 Å². The van der Waals surface area contributed by atoms with E-state index in [4.69, 9.17) is 9.47 Å². The van der Waals surface area contributed by atoms with Crippen molar-refractivity contribution in [3.05, 3.63) is 53.6 Å². The Balaban J connectivity index is 1.56. The molecule has 172 valence electrons. The van der Waals surface area contributed by atoms with Crippen LogP contribution in [0.25, 0.3) is 0 Å². The number of thioether (sulfide) groups is 1. The van der Waals surface area contributed by atoms with Crippen molar-refractivity contribution in [3.8, 4) is 0 Å². The fourth-order valence-corrected chi connectivity index (χ4v) is 5.32. The topological polar surface area (TPSA) is 102 Å². The molecule has 0 aromatic heterocycles. The normalized spacial score (nSPS) is 14.7. The van der Waals surface area contributed by atoms with Crippen LogP contribution >= 0.6 is 11.8 Å². The van der Waals surface area contributed by atoms with Crippen LogP contribution in [0.3, 0.4) is 0 Å². The summed E-state index contributed by atoms with van der Waals surface area (Å²) in [6.45, 7) is 4.53. The minimum Gasteiger partial charge on any atom is -0.455 e. The maximum Gasteiger partial charge on any atom is 0.316 e. The predicted octanol–water partition coefficient (Wildman–Crippen LogP) is 2.60. The number of esters is 1. The molecule has 1 saturated heterocycles. The third kappa shape index (κ3) is 6.32. The number of morpholine rings is 1. The molecule has 2 aromatic carbocycles. The van der Waals surface area contributed by atoms with Crippen LogP contribution in [0.5, 0.6) is 0 Å². The van der Waals surface area contributed by atoms with Crippen molar-refractivity contribution < 1.29 is 27.5 Å². The van der Waals surface area contributed by atoms with Gasteiger partial charge in [0.1, 0.15) is 0 Å². The summed E-state index contributed by atoms with van der Waals surface area (Å²) < 4.78 is 37.3. The largest absolute Gasteiger partial charge is 0.455 e. The molecule has 1 heterocycles. The second-order valence-electron chi connectivity index (χ2n) is 7.26. The number of hydrogen-bond acceptors (Lipinski definition) is 7. The van der Waals surface area contributed by atoms with Gasteiger partial charge in [-0.1, -0.05) is 24.3 Å². The van der Waals surface area contributed by atoms with E-state index < -0.39 is 28.5 Å². The number of hydrogen-bond donors (Lipinski definition) is 1. The molecule has 3 rings (SSSR count). The van der Waals surface area contributed by atoms with Gasteiger partial charge in [-0.3, -0.25) is 9.59 Å². The summed E-state index contributed by atoms with van der Waals surface area (Å²) in [6.07, 6.45) is 0. The average molecular weight is 479 g/mol. The standard InChI is InChI=1S/C22H26N2O6S2/c1-16-7-8-18(32(27,28)24-9-11-29-12-10-24)13-19(16)23-21(25)14-30-22(26)15-31-20-6-4-3-5-17(20)2/h3-8,13H,9-12,14-15H2,1-2H3,(H,23,25). The molecule has 0 spiro atoms. The van der Waals surface area contributed by atoms with Gasteiger partial charge in [0.2, 0.25) is 10.0 Å². The molecule has 1 aliphatic heterocycles. The van der Waals surface area contributed by atoms with Crippen molar-refractivity contribution in [1.29, 1.82) is 0 Å². The van der Waals surface area contributed by atoms with Crippen molar-refractivity contribution in [3.63, 3.8) is 0 Å². The summed E-state index contributed by atoms with van der Waals surface area (Å²) in [5, 5.41) is 2.63. The van der Waals surface area contributed by atoms with Crippen molar-refractivity contribution >= 4 is 39.3 Å². The number of nitrogens with one attached hydrogen (secondary N) is 1. The fraction of sp³-hybridized carbons (Fsp3) is 0.364. The summed E-state index contributed by atoms with van der Waals surface area (Å²) in [5.74, 6) is -0.957. The molecule has 0 radical (unpaired) electrons. The monoisotopic (exact) mass is 478 g/mol. The zero-order valence-electron chi connectivity index (χ0n) is 18.0. The van der Waals surface area contributed by atoms with E-state index in [-0.39, 0.29) is 23.7 Å². The third-order valence-electron chi connectivity index (χ3n) is 4.89.